The Morgan fingerprint density at radius 1 is 1.07 bits per heavy atom. The minimum atomic E-state index is -0.287. The van der Waals surface area contributed by atoms with E-state index < -0.39 is 0 Å². The van der Waals surface area contributed by atoms with Crippen molar-refractivity contribution in [2.45, 2.75) is 69.7 Å². The zero-order valence-corrected chi connectivity index (χ0v) is 17.7. The average Bonchev–Trinajstić information content (AvgIpc) is 3.07. The van der Waals surface area contributed by atoms with Crippen LogP contribution in [0.2, 0.25) is 0 Å². The molecule has 0 radical (unpaired) electrons. The molecular weight excluding hydrogens is 372 g/mol. The fraction of sp³-hybridized carbons (Fsp3) is 0.739. The van der Waals surface area contributed by atoms with Gasteiger partial charge in [0.1, 0.15) is 11.9 Å². The van der Waals surface area contributed by atoms with Crippen molar-refractivity contribution in [2.75, 3.05) is 27.4 Å². The van der Waals surface area contributed by atoms with Crippen LogP contribution in [-0.4, -0.2) is 57.3 Å². The third-order valence-corrected chi connectivity index (χ3v) is 6.15. The summed E-state index contributed by atoms with van der Waals surface area (Å²) in [6, 6.07) is 9.94. The third kappa shape index (κ3) is 6.40. The van der Waals surface area contributed by atoms with Gasteiger partial charge in [-0.1, -0.05) is 18.2 Å². The lowest BCUT2D eigenvalue weighted by Gasteiger charge is -2.32. The number of ether oxygens (including phenoxy) is 5. The molecule has 164 valence electrons. The monoisotopic (exact) mass is 408 g/mol. The number of hydrogen-bond donors (Lipinski definition) is 1. The molecule has 1 aromatic rings. The molecule has 0 bridgehead atoms. The van der Waals surface area contributed by atoms with E-state index >= 15 is 0 Å². The molecule has 1 saturated heterocycles. The SMILES string of the molecule is COC(CC1C(OC2CCCCO2)CC(Oc2ccccc2)C1CCCO)OC. The highest BCUT2D eigenvalue weighted by Gasteiger charge is 2.46. The smallest absolute Gasteiger partial charge is 0.157 e. The van der Waals surface area contributed by atoms with E-state index in [0.717, 1.165) is 57.3 Å². The fourth-order valence-corrected chi connectivity index (χ4v) is 4.67. The van der Waals surface area contributed by atoms with Crippen molar-refractivity contribution in [3.8, 4) is 5.75 Å². The minimum absolute atomic E-state index is 0.0169. The van der Waals surface area contributed by atoms with Gasteiger partial charge in [-0.25, -0.2) is 0 Å². The number of benzene rings is 1. The van der Waals surface area contributed by atoms with E-state index in [2.05, 4.69) is 0 Å². The highest BCUT2D eigenvalue weighted by atomic mass is 16.7. The van der Waals surface area contributed by atoms with E-state index in [4.69, 9.17) is 23.7 Å². The molecule has 2 aliphatic rings. The summed E-state index contributed by atoms with van der Waals surface area (Å²) in [7, 11) is 3.34. The number of methoxy groups -OCH3 is 2. The zero-order chi connectivity index (χ0) is 20.5. The first-order chi connectivity index (χ1) is 14.2. The summed E-state index contributed by atoms with van der Waals surface area (Å²) in [6.07, 6.45) is 5.94. The van der Waals surface area contributed by atoms with Crippen molar-refractivity contribution in [2.24, 2.45) is 11.8 Å². The van der Waals surface area contributed by atoms with Crippen LogP contribution in [0.5, 0.6) is 5.75 Å². The standard InChI is InChI=1S/C23H36O6/c1-25-23(26-2)15-19-18(11-8-13-24)20(28-17-9-4-3-5-10-17)16-21(19)29-22-12-6-7-14-27-22/h3-5,9-10,18-24H,6-8,11-16H2,1-2H3. The highest BCUT2D eigenvalue weighted by Crippen LogP contribution is 2.43. The van der Waals surface area contributed by atoms with Gasteiger partial charge in [0.15, 0.2) is 12.6 Å². The van der Waals surface area contributed by atoms with Gasteiger partial charge in [0, 0.05) is 46.2 Å². The maximum atomic E-state index is 9.45. The van der Waals surface area contributed by atoms with Crippen molar-refractivity contribution in [1.82, 2.24) is 0 Å². The highest BCUT2D eigenvalue weighted by molar-refractivity contribution is 5.21. The van der Waals surface area contributed by atoms with Gasteiger partial charge >= 0.3 is 0 Å². The van der Waals surface area contributed by atoms with Crippen LogP contribution in [0, 0.1) is 11.8 Å². The molecule has 1 heterocycles. The Labute approximate surface area is 174 Å². The third-order valence-electron chi connectivity index (χ3n) is 6.15. The van der Waals surface area contributed by atoms with E-state index in [-0.39, 0.29) is 43.2 Å². The lowest BCUT2D eigenvalue weighted by atomic mass is 9.86. The van der Waals surface area contributed by atoms with Crippen molar-refractivity contribution in [3.05, 3.63) is 30.3 Å². The Bertz CT molecular complexity index is 558. The molecule has 6 nitrogen and oxygen atoms in total. The lowest BCUT2D eigenvalue weighted by Crippen LogP contribution is -2.34. The number of aliphatic hydroxyl groups is 1. The average molecular weight is 409 g/mol. The van der Waals surface area contributed by atoms with Crippen molar-refractivity contribution < 1.29 is 28.8 Å². The normalized spacial score (nSPS) is 30.0. The Kier molecular flexibility index (Phi) is 9.21. The second-order valence-corrected chi connectivity index (χ2v) is 8.01. The predicted octanol–water partition coefficient (Wildman–Crippen LogP) is 3.76. The van der Waals surface area contributed by atoms with Gasteiger partial charge in [-0.2, -0.15) is 0 Å². The maximum Gasteiger partial charge on any atom is 0.157 e. The van der Waals surface area contributed by atoms with Crippen LogP contribution in [-0.2, 0) is 18.9 Å². The molecule has 5 unspecified atom stereocenters. The zero-order valence-electron chi connectivity index (χ0n) is 17.7. The molecule has 1 aromatic carbocycles. The molecule has 1 saturated carbocycles. The number of rotatable bonds is 11. The second kappa shape index (κ2) is 11.9. The predicted molar refractivity (Wildman–Crippen MR) is 110 cm³/mol. The van der Waals surface area contributed by atoms with Crippen molar-refractivity contribution >= 4 is 0 Å². The molecule has 0 aromatic heterocycles. The lowest BCUT2D eigenvalue weighted by molar-refractivity contribution is -0.203. The Hall–Kier alpha value is -1.18. The molecule has 29 heavy (non-hydrogen) atoms. The summed E-state index contributed by atoms with van der Waals surface area (Å²) < 4.78 is 29.7. The summed E-state index contributed by atoms with van der Waals surface area (Å²) in [5, 5.41) is 9.45. The van der Waals surface area contributed by atoms with E-state index in [9.17, 15) is 5.11 Å². The van der Waals surface area contributed by atoms with Crippen LogP contribution in [0.1, 0.15) is 44.9 Å². The largest absolute Gasteiger partial charge is 0.490 e. The summed E-state index contributed by atoms with van der Waals surface area (Å²) in [5.41, 5.74) is 0. The molecule has 2 fully saturated rings. The Morgan fingerprint density at radius 2 is 1.86 bits per heavy atom. The van der Waals surface area contributed by atoms with Gasteiger partial charge in [0.25, 0.3) is 0 Å². The molecule has 1 aliphatic carbocycles. The minimum Gasteiger partial charge on any atom is -0.490 e. The molecular formula is C23H36O6. The van der Waals surface area contributed by atoms with Crippen molar-refractivity contribution in [1.29, 1.82) is 0 Å². The first kappa shape index (κ1) is 22.5. The topological polar surface area (TPSA) is 66.4 Å². The summed E-state index contributed by atoms with van der Waals surface area (Å²) >= 11 is 0. The van der Waals surface area contributed by atoms with Crippen LogP contribution < -0.4 is 4.74 Å². The van der Waals surface area contributed by atoms with Crippen LogP contribution in [0.25, 0.3) is 0 Å². The molecule has 0 amide bonds. The van der Waals surface area contributed by atoms with Crippen molar-refractivity contribution in [3.63, 3.8) is 0 Å². The first-order valence-electron chi connectivity index (χ1n) is 10.9. The Morgan fingerprint density at radius 3 is 2.52 bits per heavy atom. The molecule has 1 aliphatic heterocycles. The van der Waals surface area contributed by atoms with E-state index in [1.54, 1.807) is 14.2 Å². The maximum absolute atomic E-state index is 9.45. The van der Waals surface area contributed by atoms with Crippen LogP contribution in [0.15, 0.2) is 30.3 Å². The summed E-state index contributed by atoms with van der Waals surface area (Å²) in [4.78, 5) is 0. The van der Waals surface area contributed by atoms with E-state index in [1.165, 1.54) is 0 Å². The molecule has 0 spiro atoms. The molecule has 1 N–H and O–H groups in total. The van der Waals surface area contributed by atoms with Gasteiger partial charge in [-0.3, -0.25) is 0 Å². The fourth-order valence-electron chi connectivity index (χ4n) is 4.67. The summed E-state index contributed by atoms with van der Waals surface area (Å²) in [6.45, 7) is 0.940. The van der Waals surface area contributed by atoms with Gasteiger partial charge in [-0.05, 0) is 50.2 Å². The van der Waals surface area contributed by atoms with Gasteiger partial charge < -0.3 is 28.8 Å². The van der Waals surface area contributed by atoms with E-state index in [1.807, 2.05) is 30.3 Å². The molecule has 3 rings (SSSR count). The number of para-hydroxylation sites is 1. The number of hydrogen-bond acceptors (Lipinski definition) is 6. The summed E-state index contributed by atoms with van der Waals surface area (Å²) in [5.74, 6) is 1.34. The van der Waals surface area contributed by atoms with E-state index in [0.29, 0.717) is 0 Å². The molecule has 6 heteroatoms. The van der Waals surface area contributed by atoms with Gasteiger partial charge in [-0.15, -0.1) is 0 Å². The second-order valence-electron chi connectivity index (χ2n) is 8.01. The van der Waals surface area contributed by atoms with Crippen LogP contribution in [0.3, 0.4) is 0 Å². The Balaban J connectivity index is 1.76. The van der Waals surface area contributed by atoms with Crippen LogP contribution >= 0.6 is 0 Å². The van der Waals surface area contributed by atoms with Gasteiger partial charge in [0.05, 0.1) is 6.10 Å². The first-order valence-corrected chi connectivity index (χ1v) is 10.9. The number of aliphatic hydroxyl groups excluding tert-OH is 1. The van der Waals surface area contributed by atoms with Gasteiger partial charge in [0.2, 0.25) is 0 Å². The quantitative estimate of drug-likeness (QED) is 0.563. The van der Waals surface area contributed by atoms with Crippen LogP contribution in [0.4, 0.5) is 0 Å². The molecule has 5 atom stereocenters.